The predicted molar refractivity (Wildman–Crippen MR) is 113 cm³/mol. The maximum atomic E-state index is 12.4. The fourth-order valence-electron chi connectivity index (χ4n) is 2.92. The van der Waals surface area contributed by atoms with E-state index < -0.39 is 12.1 Å². The van der Waals surface area contributed by atoms with E-state index in [1.54, 1.807) is 31.2 Å². The molecule has 150 valence electrons. The molecule has 6 nitrogen and oxygen atoms in total. The third-order valence-electron chi connectivity index (χ3n) is 4.81. The van der Waals surface area contributed by atoms with Crippen LogP contribution < -0.4 is 5.32 Å². The molecule has 0 spiro atoms. The van der Waals surface area contributed by atoms with Crippen LogP contribution in [0.3, 0.4) is 0 Å². The van der Waals surface area contributed by atoms with Crippen molar-refractivity contribution in [2.75, 3.05) is 5.32 Å². The Morgan fingerprint density at radius 1 is 1.03 bits per heavy atom. The number of imidazole rings is 1. The summed E-state index contributed by atoms with van der Waals surface area (Å²) in [5, 5.41) is 2.80. The van der Waals surface area contributed by atoms with Gasteiger partial charge < -0.3 is 15.0 Å². The number of carbonyl (C=O) groups is 2. The number of amides is 1. The molecule has 1 atom stereocenters. The van der Waals surface area contributed by atoms with Gasteiger partial charge in [0.1, 0.15) is 5.82 Å². The van der Waals surface area contributed by atoms with Crippen molar-refractivity contribution in [2.24, 2.45) is 0 Å². The molecule has 0 saturated carbocycles. The second kappa shape index (κ2) is 8.31. The lowest BCUT2D eigenvalue weighted by atomic mass is 10.1. The van der Waals surface area contributed by atoms with Gasteiger partial charge in [0, 0.05) is 16.9 Å². The zero-order valence-electron chi connectivity index (χ0n) is 17.3. The Morgan fingerprint density at radius 3 is 2.31 bits per heavy atom. The molecule has 3 rings (SSSR count). The number of H-pyrrole nitrogens is 1. The molecular formula is C23H25N3O3. The van der Waals surface area contributed by atoms with Crippen LogP contribution in [0.4, 0.5) is 5.69 Å². The first-order valence-corrected chi connectivity index (χ1v) is 9.47. The number of aromatic amines is 1. The molecule has 0 saturated heterocycles. The number of esters is 1. The quantitative estimate of drug-likeness (QED) is 0.628. The molecule has 0 aliphatic rings. The average molecular weight is 391 g/mol. The van der Waals surface area contributed by atoms with Crippen molar-refractivity contribution in [1.29, 1.82) is 0 Å². The van der Waals surface area contributed by atoms with E-state index in [9.17, 15) is 9.59 Å². The molecule has 3 aromatic rings. The largest absolute Gasteiger partial charge is 0.449 e. The summed E-state index contributed by atoms with van der Waals surface area (Å²) < 4.78 is 5.33. The van der Waals surface area contributed by atoms with E-state index in [1.807, 2.05) is 45.9 Å². The van der Waals surface area contributed by atoms with E-state index in [2.05, 4.69) is 15.3 Å². The summed E-state index contributed by atoms with van der Waals surface area (Å²) in [5.74, 6) is -0.170. The highest BCUT2D eigenvalue weighted by Gasteiger charge is 2.20. The van der Waals surface area contributed by atoms with Crippen molar-refractivity contribution in [3.8, 4) is 11.4 Å². The zero-order valence-corrected chi connectivity index (χ0v) is 17.3. The third-order valence-corrected chi connectivity index (χ3v) is 4.81. The maximum Gasteiger partial charge on any atom is 0.338 e. The van der Waals surface area contributed by atoms with Gasteiger partial charge in [0.05, 0.1) is 11.3 Å². The number of hydrogen-bond acceptors (Lipinski definition) is 4. The molecule has 2 N–H and O–H groups in total. The van der Waals surface area contributed by atoms with E-state index in [0.29, 0.717) is 11.3 Å². The van der Waals surface area contributed by atoms with E-state index in [1.165, 1.54) is 0 Å². The van der Waals surface area contributed by atoms with Crippen LogP contribution >= 0.6 is 0 Å². The van der Waals surface area contributed by atoms with Crippen LogP contribution in [0.5, 0.6) is 0 Å². The minimum atomic E-state index is -0.918. The molecular weight excluding hydrogens is 366 g/mol. The molecule has 1 unspecified atom stereocenters. The highest BCUT2D eigenvalue weighted by molar-refractivity contribution is 5.97. The number of rotatable bonds is 5. The lowest BCUT2D eigenvalue weighted by molar-refractivity contribution is -0.123. The monoisotopic (exact) mass is 391 g/mol. The van der Waals surface area contributed by atoms with Crippen LogP contribution in [-0.4, -0.2) is 27.9 Å². The molecule has 0 aliphatic carbocycles. The minimum Gasteiger partial charge on any atom is -0.449 e. The number of ether oxygens (including phenoxy) is 1. The van der Waals surface area contributed by atoms with Gasteiger partial charge in [0.15, 0.2) is 6.10 Å². The molecule has 1 aromatic heterocycles. The predicted octanol–water partition coefficient (Wildman–Crippen LogP) is 4.49. The van der Waals surface area contributed by atoms with Gasteiger partial charge in [-0.2, -0.15) is 0 Å². The summed E-state index contributed by atoms with van der Waals surface area (Å²) in [7, 11) is 0. The summed E-state index contributed by atoms with van der Waals surface area (Å²) in [4.78, 5) is 32.5. The first kappa shape index (κ1) is 20.3. The minimum absolute atomic E-state index is 0.372. The van der Waals surface area contributed by atoms with Crippen LogP contribution in [0.25, 0.3) is 11.4 Å². The SMILES string of the molecule is Cc1ccc(NC(=O)C(C)OC(=O)c2ccc(-c3nc(C)c(C)[nH]3)cc2)c(C)c1. The second-order valence-electron chi connectivity index (χ2n) is 7.23. The Balaban J connectivity index is 1.63. The van der Waals surface area contributed by atoms with Gasteiger partial charge in [-0.25, -0.2) is 9.78 Å². The Hall–Kier alpha value is -3.41. The topological polar surface area (TPSA) is 84.1 Å². The Kier molecular flexibility index (Phi) is 5.82. The van der Waals surface area contributed by atoms with Crippen LogP contribution in [0.1, 0.15) is 39.8 Å². The van der Waals surface area contributed by atoms with Crippen LogP contribution in [0.15, 0.2) is 42.5 Å². The van der Waals surface area contributed by atoms with Crippen molar-refractivity contribution in [3.05, 3.63) is 70.5 Å². The molecule has 0 fully saturated rings. The van der Waals surface area contributed by atoms with Crippen LogP contribution in [0, 0.1) is 27.7 Å². The summed E-state index contributed by atoms with van der Waals surface area (Å²) in [5.41, 5.74) is 5.97. The molecule has 1 heterocycles. The van der Waals surface area contributed by atoms with Gasteiger partial charge >= 0.3 is 5.97 Å². The van der Waals surface area contributed by atoms with Crippen molar-refractivity contribution in [3.63, 3.8) is 0 Å². The van der Waals surface area contributed by atoms with Gasteiger partial charge in [-0.3, -0.25) is 4.79 Å². The average Bonchev–Trinajstić information content (AvgIpc) is 3.02. The second-order valence-corrected chi connectivity index (χ2v) is 7.23. The standard InChI is InChI=1S/C23H25N3O3/c1-13-6-11-20(14(2)12-13)26-22(27)17(5)29-23(28)19-9-7-18(8-10-19)21-24-15(3)16(4)25-21/h6-12,17H,1-5H3,(H,24,25)(H,26,27). The molecule has 0 aliphatic heterocycles. The maximum absolute atomic E-state index is 12.4. The molecule has 6 heteroatoms. The number of benzene rings is 2. The van der Waals surface area contributed by atoms with E-state index >= 15 is 0 Å². The van der Waals surface area contributed by atoms with E-state index in [-0.39, 0.29) is 5.91 Å². The number of aromatic nitrogens is 2. The first-order chi connectivity index (χ1) is 13.7. The Labute approximate surface area is 170 Å². The highest BCUT2D eigenvalue weighted by Crippen LogP contribution is 2.20. The van der Waals surface area contributed by atoms with Gasteiger partial charge in [-0.1, -0.05) is 29.8 Å². The fraction of sp³-hybridized carbons (Fsp3) is 0.261. The lowest BCUT2D eigenvalue weighted by Gasteiger charge is -2.15. The van der Waals surface area contributed by atoms with Crippen LogP contribution in [0.2, 0.25) is 0 Å². The number of aryl methyl sites for hydroxylation is 4. The van der Waals surface area contributed by atoms with Gasteiger partial charge in [-0.15, -0.1) is 0 Å². The number of anilines is 1. The summed E-state index contributed by atoms with van der Waals surface area (Å²) in [6, 6.07) is 12.7. The molecule has 2 aromatic carbocycles. The summed E-state index contributed by atoms with van der Waals surface area (Å²) in [6.45, 7) is 9.36. The number of carbonyl (C=O) groups excluding carboxylic acids is 2. The first-order valence-electron chi connectivity index (χ1n) is 9.47. The number of hydrogen-bond donors (Lipinski definition) is 2. The number of nitrogens with one attached hydrogen (secondary N) is 2. The van der Waals surface area contributed by atoms with Crippen molar-refractivity contribution >= 4 is 17.6 Å². The zero-order chi connectivity index (χ0) is 21.1. The van der Waals surface area contributed by atoms with Crippen LogP contribution in [-0.2, 0) is 9.53 Å². The lowest BCUT2D eigenvalue weighted by Crippen LogP contribution is -2.30. The highest BCUT2D eigenvalue weighted by atomic mass is 16.5. The van der Waals surface area contributed by atoms with Gasteiger partial charge in [0.25, 0.3) is 5.91 Å². The molecule has 29 heavy (non-hydrogen) atoms. The Bertz CT molecular complexity index is 1030. The van der Waals surface area contributed by atoms with Gasteiger partial charge in [0.2, 0.25) is 0 Å². The molecule has 0 bridgehead atoms. The smallest absolute Gasteiger partial charge is 0.338 e. The van der Waals surface area contributed by atoms with Crippen molar-refractivity contribution < 1.29 is 14.3 Å². The van der Waals surface area contributed by atoms with Gasteiger partial charge in [-0.05, 0) is 58.4 Å². The summed E-state index contributed by atoms with van der Waals surface area (Å²) >= 11 is 0. The van der Waals surface area contributed by atoms with E-state index in [0.717, 1.165) is 33.9 Å². The normalized spacial score (nSPS) is 11.8. The molecule has 1 amide bonds. The van der Waals surface area contributed by atoms with E-state index in [4.69, 9.17) is 4.74 Å². The third kappa shape index (κ3) is 4.71. The Morgan fingerprint density at radius 2 is 1.72 bits per heavy atom. The fourth-order valence-corrected chi connectivity index (χ4v) is 2.92. The van der Waals surface area contributed by atoms with Crippen molar-refractivity contribution in [1.82, 2.24) is 9.97 Å². The van der Waals surface area contributed by atoms with Crippen molar-refractivity contribution in [2.45, 2.75) is 40.7 Å². The number of nitrogens with zero attached hydrogens (tertiary/aromatic N) is 1. The molecule has 0 radical (unpaired) electrons. The summed E-state index contributed by atoms with van der Waals surface area (Å²) in [6.07, 6.45) is -0.918.